The Morgan fingerprint density at radius 1 is 1.17 bits per heavy atom. The Bertz CT molecular complexity index is 399. The van der Waals surface area contributed by atoms with Crippen LogP contribution < -0.4 is 10.2 Å². The van der Waals surface area contributed by atoms with Crippen LogP contribution in [0.15, 0.2) is 0 Å². The minimum atomic E-state index is 0.335. The summed E-state index contributed by atoms with van der Waals surface area (Å²) < 4.78 is 0. The van der Waals surface area contributed by atoms with Crippen LogP contribution in [0.2, 0.25) is 0 Å². The highest BCUT2D eigenvalue weighted by Crippen LogP contribution is 2.26. The smallest absolute Gasteiger partial charge is 0.137 e. The molecule has 0 bridgehead atoms. The highest BCUT2D eigenvalue weighted by atomic mass is 15.2. The molecule has 1 aromatic heterocycles. The van der Waals surface area contributed by atoms with Crippen molar-refractivity contribution in [1.82, 2.24) is 9.97 Å². The van der Waals surface area contributed by atoms with Crippen molar-refractivity contribution in [3.8, 4) is 0 Å². The standard InChI is InChI=1S/C14H26N4/c1-8-15-13-11(6)14(18(7)10(4)5)17-12(16-13)9(2)3/h9-10H,8H2,1-7H3,(H,15,16,17). The molecule has 0 amide bonds. The first-order valence-corrected chi connectivity index (χ1v) is 6.73. The third-order valence-electron chi connectivity index (χ3n) is 3.11. The molecule has 1 aromatic rings. The van der Waals surface area contributed by atoms with Gasteiger partial charge < -0.3 is 10.2 Å². The zero-order valence-electron chi connectivity index (χ0n) is 12.7. The lowest BCUT2D eigenvalue weighted by Gasteiger charge is -2.26. The number of rotatable bonds is 5. The van der Waals surface area contributed by atoms with E-state index in [0.29, 0.717) is 12.0 Å². The number of nitrogens with zero attached hydrogens (tertiary/aromatic N) is 3. The van der Waals surface area contributed by atoms with E-state index < -0.39 is 0 Å². The summed E-state index contributed by atoms with van der Waals surface area (Å²) in [6.45, 7) is 13.6. The second-order valence-corrected chi connectivity index (χ2v) is 5.27. The maximum Gasteiger partial charge on any atom is 0.137 e. The second-order valence-electron chi connectivity index (χ2n) is 5.27. The zero-order chi connectivity index (χ0) is 13.9. The van der Waals surface area contributed by atoms with Crippen LogP contribution in [0.3, 0.4) is 0 Å². The average Bonchev–Trinajstić information content (AvgIpc) is 2.30. The van der Waals surface area contributed by atoms with Gasteiger partial charge in [0.25, 0.3) is 0 Å². The third-order valence-corrected chi connectivity index (χ3v) is 3.11. The van der Waals surface area contributed by atoms with E-state index in [1.54, 1.807) is 0 Å². The number of nitrogens with one attached hydrogen (secondary N) is 1. The molecule has 0 aliphatic heterocycles. The minimum Gasteiger partial charge on any atom is -0.370 e. The molecule has 0 saturated carbocycles. The fourth-order valence-corrected chi connectivity index (χ4v) is 1.71. The van der Waals surface area contributed by atoms with Crippen LogP contribution in [-0.4, -0.2) is 29.6 Å². The van der Waals surface area contributed by atoms with Gasteiger partial charge in [-0.2, -0.15) is 0 Å². The molecule has 4 heteroatoms. The SMILES string of the molecule is CCNc1nc(C(C)C)nc(N(C)C(C)C)c1C. The van der Waals surface area contributed by atoms with Gasteiger partial charge in [0.1, 0.15) is 17.5 Å². The monoisotopic (exact) mass is 250 g/mol. The number of aromatic nitrogens is 2. The van der Waals surface area contributed by atoms with Crippen LogP contribution in [0.25, 0.3) is 0 Å². The summed E-state index contributed by atoms with van der Waals surface area (Å²) in [4.78, 5) is 11.5. The maximum atomic E-state index is 4.71. The van der Waals surface area contributed by atoms with Crippen molar-refractivity contribution in [2.75, 3.05) is 23.8 Å². The van der Waals surface area contributed by atoms with Gasteiger partial charge in [-0.25, -0.2) is 9.97 Å². The summed E-state index contributed by atoms with van der Waals surface area (Å²) in [6.07, 6.45) is 0. The largest absolute Gasteiger partial charge is 0.370 e. The lowest BCUT2D eigenvalue weighted by Crippen LogP contribution is -2.28. The molecule has 0 radical (unpaired) electrons. The molecule has 0 saturated heterocycles. The van der Waals surface area contributed by atoms with E-state index in [4.69, 9.17) is 4.98 Å². The van der Waals surface area contributed by atoms with E-state index >= 15 is 0 Å². The van der Waals surface area contributed by atoms with Gasteiger partial charge >= 0.3 is 0 Å². The molecule has 0 unspecified atom stereocenters. The summed E-state index contributed by atoms with van der Waals surface area (Å²) >= 11 is 0. The van der Waals surface area contributed by atoms with Gasteiger partial charge in [-0.15, -0.1) is 0 Å². The lowest BCUT2D eigenvalue weighted by molar-refractivity contribution is 0.715. The Hall–Kier alpha value is -1.32. The molecule has 4 nitrogen and oxygen atoms in total. The van der Waals surface area contributed by atoms with E-state index in [2.05, 4.69) is 63.8 Å². The highest BCUT2D eigenvalue weighted by molar-refractivity contribution is 5.58. The first kappa shape index (κ1) is 14.7. The molecular weight excluding hydrogens is 224 g/mol. The van der Waals surface area contributed by atoms with Crippen molar-refractivity contribution in [2.45, 2.75) is 53.5 Å². The van der Waals surface area contributed by atoms with Crippen LogP contribution in [0.5, 0.6) is 0 Å². The molecule has 18 heavy (non-hydrogen) atoms. The molecular formula is C14H26N4. The molecule has 1 heterocycles. The molecule has 0 atom stereocenters. The van der Waals surface area contributed by atoms with E-state index in [1.165, 1.54) is 0 Å². The molecule has 0 aromatic carbocycles. The van der Waals surface area contributed by atoms with Crippen LogP contribution in [0.4, 0.5) is 11.6 Å². The average molecular weight is 250 g/mol. The second kappa shape index (κ2) is 6.03. The van der Waals surface area contributed by atoms with E-state index in [9.17, 15) is 0 Å². The van der Waals surface area contributed by atoms with Crippen molar-refractivity contribution in [3.63, 3.8) is 0 Å². The summed E-state index contributed by atoms with van der Waals surface area (Å²) in [6, 6.07) is 0.424. The Morgan fingerprint density at radius 2 is 1.78 bits per heavy atom. The number of hydrogen-bond acceptors (Lipinski definition) is 4. The predicted molar refractivity (Wildman–Crippen MR) is 78.6 cm³/mol. The van der Waals surface area contributed by atoms with Crippen molar-refractivity contribution >= 4 is 11.6 Å². The van der Waals surface area contributed by atoms with Crippen molar-refractivity contribution in [2.24, 2.45) is 0 Å². The van der Waals surface area contributed by atoms with Crippen LogP contribution in [0.1, 0.15) is 51.9 Å². The lowest BCUT2D eigenvalue weighted by atomic mass is 10.2. The Labute approximate surface area is 111 Å². The van der Waals surface area contributed by atoms with Gasteiger partial charge in [0, 0.05) is 31.1 Å². The van der Waals surface area contributed by atoms with Gasteiger partial charge in [-0.1, -0.05) is 13.8 Å². The summed E-state index contributed by atoms with van der Waals surface area (Å²) in [5, 5.41) is 3.33. The van der Waals surface area contributed by atoms with Gasteiger partial charge in [-0.05, 0) is 27.7 Å². The first-order valence-electron chi connectivity index (χ1n) is 6.73. The van der Waals surface area contributed by atoms with Crippen LogP contribution >= 0.6 is 0 Å². The fourth-order valence-electron chi connectivity index (χ4n) is 1.71. The summed E-state index contributed by atoms with van der Waals surface area (Å²) in [5.41, 5.74) is 1.12. The Kier molecular flexibility index (Phi) is 4.93. The number of hydrogen-bond donors (Lipinski definition) is 1. The summed E-state index contributed by atoms with van der Waals surface area (Å²) in [5.74, 6) is 3.22. The minimum absolute atomic E-state index is 0.335. The molecule has 0 aliphatic rings. The maximum absolute atomic E-state index is 4.71. The quantitative estimate of drug-likeness (QED) is 0.871. The highest BCUT2D eigenvalue weighted by Gasteiger charge is 2.16. The molecule has 102 valence electrons. The molecule has 0 spiro atoms. The molecule has 0 aliphatic carbocycles. The van der Waals surface area contributed by atoms with E-state index in [0.717, 1.165) is 29.6 Å². The topological polar surface area (TPSA) is 41.1 Å². The predicted octanol–water partition coefficient (Wildman–Crippen LogP) is 3.18. The van der Waals surface area contributed by atoms with Gasteiger partial charge in [0.15, 0.2) is 0 Å². The number of anilines is 2. The van der Waals surface area contributed by atoms with E-state index in [1.807, 2.05) is 0 Å². The zero-order valence-corrected chi connectivity index (χ0v) is 12.7. The first-order chi connectivity index (χ1) is 8.38. The Morgan fingerprint density at radius 3 is 2.22 bits per heavy atom. The van der Waals surface area contributed by atoms with Gasteiger partial charge in [0.05, 0.1) is 0 Å². The summed E-state index contributed by atoms with van der Waals surface area (Å²) in [7, 11) is 2.08. The van der Waals surface area contributed by atoms with Crippen LogP contribution in [-0.2, 0) is 0 Å². The molecule has 0 fully saturated rings. The van der Waals surface area contributed by atoms with Gasteiger partial charge in [-0.3, -0.25) is 0 Å². The third kappa shape index (κ3) is 3.12. The van der Waals surface area contributed by atoms with Crippen molar-refractivity contribution in [3.05, 3.63) is 11.4 Å². The normalized spacial score (nSPS) is 11.2. The van der Waals surface area contributed by atoms with Gasteiger partial charge in [0.2, 0.25) is 0 Å². The van der Waals surface area contributed by atoms with Crippen molar-refractivity contribution in [1.29, 1.82) is 0 Å². The fraction of sp³-hybridized carbons (Fsp3) is 0.714. The van der Waals surface area contributed by atoms with E-state index in [-0.39, 0.29) is 0 Å². The van der Waals surface area contributed by atoms with Crippen molar-refractivity contribution < 1.29 is 0 Å². The van der Waals surface area contributed by atoms with Crippen LogP contribution in [0, 0.1) is 6.92 Å². The Balaban J connectivity index is 3.30. The molecule has 1 N–H and O–H groups in total. The molecule has 1 rings (SSSR count).